The van der Waals surface area contributed by atoms with Crippen molar-refractivity contribution in [2.75, 3.05) is 5.32 Å². The van der Waals surface area contributed by atoms with Gasteiger partial charge in [0.1, 0.15) is 12.0 Å². The molecule has 122 valence electrons. The van der Waals surface area contributed by atoms with Crippen molar-refractivity contribution in [3.63, 3.8) is 0 Å². The quantitative estimate of drug-likeness (QED) is 0.581. The summed E-state index contributed by atoms with van der Waals surface area (Å²) >= 11 is 0. The molecule has 0 bridgehead atoms. The number of rotatable bonds is 3. The molecule has 0 atom stereocenters. The van der Waals surface area contributed by atoms with Gasteiger partial charge in [-0.1, -0.05) is 35.9 Å². The van der Waals surface area contributed by atoms with Gasteiger partial charge < -0.3 is 10.4 Å². The van der Waals surface area contributed by atoms with Gasteiger partial charge in [-0.3, -0.25) is 4.98 Å². The minimum atomic E-state index is 0.0256. The van der Waals surface area contributed by atoms with Crippen molar-refractivity contribution in [3.05, 3.63) is 72.8 Å². The predicted octanol–water partition coefficient (Wildman–Crippen LogP) is 4.45. The van der Waals surface area contributed by atoms with E-state index >= 15 is 0 Å². The summed E-state index contributed by atoms with van der Waals surface area (Å²) in [4.78, 5) is 12.5. The van der Waals surface area contributed by atoms with Crippen molar-refractivity contribution in [1.29, 1.82) is 0 Å². The van der Waals surface area contributed by atoms with Crippen LogP contribution >= 0.6 is 0 Å². The smallest absolute Gasteiger partial charge is 0.185 e. The van der Waals surface area contributed by atoms with Crippen molar-refractivity contribution < 1.29 is 5.11 Å². The molecule has 2 aromatic carbocycles. The van der Waals surface area contributed by atoms with Crippen molar-refractivity contribution >= 4 is 22.3 Å². The van der Waals surface area contributed by atoms with E-state index in [1.807, 2.05) is 55.5 Å². The Hall–Kier alpha value is -3.47. The lowest BCUT2D eigenvalue weighted by Gasteiger charge is -2.11. The molecule has 0 saturated carbocycles. The van der Waals surface area contributed by atoms with Gasteiger partial charge in [-0.15, -0.1) is 0 Å². The van der Waals surface area contributed by atoms with Crippen molar-refractivity contribution in [1.82, 2.24) is 15.0 Å². The van der Waals surface area contributed by atoms with E-state index in [9.17, 15) is 5.11 Å². The molecule has 2 N–H and O–H groups in total. The molecule has 0 amide bonds. The molecule has 25 heavy (non-hydrogen) atoms. The molecule has 0 radical (unpaired) electrons. The van der Waals surface area contributed by atoms with E-state index in [2.05, 4.69) is 20.3 Å². The molecule has 0 aliphatic heterocycles. The zero-order chi connectivity index (χ0) is 17.2. The van der Waals surface area contributed by atoms with Crippen LogP contribution in [0.1, 0.15) is 5.56 Å². The average Bonchev–Trinajstić information content (AvgIpc) is 2.64. The van der Waals surface area contributed by atoms with E-state index in [1.165, 1.54) is 6.33 Å². The molecular formula is C20H16N4O. The Balaban J connectivity index is 1.70. The van der Waals surface area contributed by atoms with Gasteiger partial charge in [0, 0.05) is 29.0 Å². The Morgan fingerprint density at radius 2 is 1.76 bits per heavy atom. The fourth-order valence-corrected chi connectivity index (χ4v) is 2.69. The molecule has 0 aliphatic carbocycles. The van der Waals surface area contributed by atoms with Crippen LogP contribution < -0.4 is 5.32 Å². The van der Waals surface area contributed by atoms with E-state index in [1.54, 1.807) is 12.4 Å². The van der Waals surface area contributed by atoms with Crippen LogP contribution in [0.25, 0.3) is 22.0 Å². The zero-order valence-electron chi connectivity index (χ0n) is 13.6. The maximum atomic E-state index is 10.6. The third-order valence-electron chi connectivity index (χ3n) is 4.05. The second kappa shape index (κ2) is 6.20. The monoisotopic (exact) mass is 328 g/mol. The van der Waals surface area contributed by atoms with Gasteiger partial charge in [-0.2, -0.15) is 0 Å². The molecule has 5 nitrogen and oxygen atoms in total. The summed E-state index contributed by atoms with van der Waals surface area (Å²) in [6.07, 6.45) is 5.01. The molecule has 0 saturated heterocycles. The van der Waals surface area contributed by atoms with Crippen molar-refractivity contribution in [3.8, 4) is 17.0 Å². The van der Waals surface area contributed by atoms with Crippen LogP contribution in [-0.4, -0.2) is 20.1 Å². The molecule has 2 heterocycles. The number of hydrogen-bond donors (Lipinski definition) is 2. The van der Waals surface area contributed by atoms with E-state index < -0.39 is 0 Å². The largest absolute Gasteiger partial charge is 0.503 e. The first-order valence-corrected chi connectivity index (χ1v) is 7.92. The second-order valence-corrected chi connectivity index (χ2v) is 5.85. The van der Waals surface area contributed by atoms with E-state index in [-0.39, 0.29) is 5.75 Å². The topological polar surface area (TPSA) is 70.9 Å². The molecule has 5 heteroatoms. The number of nitrogens with zero attached hydrogens (tertiary/aromatic N) is 3. The lowest BCUT2D eigenvalue weighted by molar-refractivity contribution is 0.475. The molecule has 4 aromatic rings. The summed E-state index contributed by atoms with van der Waals surface area (Å²) in [5, 5.41) is 15.9. The minimum absolute atomic E-state index is 0.0256. The molecule has 4 rings (SSSR count). The highest BCUT2D eigenvalue weighted by atomic mass is 16.3. The number of hydrogen-bond acceptors (Lipinski definition) is 5. The highest BCUT2D eigenvalue weighted by molar-refractivity contribution is 5.86. The van der Waals surface area contributed by atoms with Crippen LogP contribution in [-0.2, 0) is 0 Å². The summed E-state index contributed by atoms with van der Waals surface area (Å²) in [6.45, 7) is 2.02. The summed E-state index contributed by atoms with van der Waals surface area (Å²) < 4.78 is 0. The van der Waals surface area contributed by atoms with Gasteiger partial charge in [0.15, 0.2) is 11.6 Å². The first-order valence-electron chi connectivity index (χ1n) is 7.92. The summed E-state index contributed by atoms with van der Waals surface area (Å²) in [6, 6.07) is 15.7. The lowest BCUT2D eigenvalue weighted by Crippen LogP contribution is -1.97. The molecule has 0 spiro atoms. The van der Waals surface area contributed by atoms with E-state index in [0.717, 1.165) is 27.6 Å². The summed E-state index contributed by atoms with van der Waals surface area (Å²) in [7, 11) is 0. The summed E-state index contributed by atoms with van der Waals surface area (Å²) in [5.41, 5.74) is 3.32. The van der Waals surface area contributed by atoms with Crippen LogP contribution in [0.4, 0.5) is 11.5 Å². The number of benzene rings is 2. The number of anilines is 2. The molecule has 2 aromatic heterocycles. The van der Waals surface area contributed by atoms with Crippen LogP contribution in [0.3, 0.4) is 0 Å². The first-order chi connectivity index (χ1) is 12.2. The number of fused-ring (bicyclic) bond motifs is 1. The van der Waals surface area contributed by atoms with Crippen LogP contribution in [0, 0.1) is 6.92 Å². The molecule has 0 fully saturated rings. The maximum Gasteiger partial charge on any atom is 0.185 e. The Bertz CT molecular complexity index is 1040. The normalized spacial score (nSPS) is 10.8. The summed E-state index contributed by atoms with van der Waals surface area (Å²) in [5.74, 6) is 0.395. The van der Waals surface area contributed by atoms with Gasteiger partial charge in [0.25, 0.3) is 0 Å². The second-order valence-electron chi connectivity index (χ2n) is 5.85. The van der Waals surface area contributed by atoms with Crippen LogP contribution in [0.15, 0.2) is 67.3 Å². The van der Waals surface area contributed by atoms with Gasteiger partial charge in [0.05, 0.1) is 0 Å². The highest BCUT2D eigenvalue weighted by Crippen LogP contribution is 2.33. The molecular weight excluding hydrogens is 312 g/mol. The minimum Gasteiger partial charge on any atom is -0.503 e. The van der Waals surface area contributed by atoms with Gasteiger partial charge in [-0.25, -0.2) is 9.97 Å². The lowest BCUT2D eigenvalue weighted by atomic mass is 10.1. The van der Waals surface area contributed by atoms with E-state index in [4.69, 9.17) is 0 Å². The Kier molecular flexibility index (Phi) is 3.74. The standard InChI is InChI=1S/C20H16N4O/c1-13-2-4-15(5-3-13)18-19(25)20(23-12-22-18)24-17-7-6-14-8-9-21-11-16(14)10-17/h2-12,25H,1H3,(H,22,23,24). The number of aryl methyl sites for hydroxylation is 1. The fourth-order valence-electron chi connectivity index (χ4n) is 2.69. The SMILES string of the molecule is Cc1ccc(-c2ncnc(Nc3ccc4ccncc4c3)c2O)cc1. The number of aromatic hydroxyl groups is 1. The third-order valence-corrected chi connectivity index (χ3v) is 4.05. The fraction of sp³-hybridized carbons (Fsp3) is 0.0500. The van der Waals surface area contributed by atoms with Gasteiger partial charge in [-0.05, 0) is 30.5 Å². The predicted molar refractivity (Wildman–Crippen MR) is 98.9 cm³/mol. The average molecular weight is 328 g/mol. The number of aromatic nitrogens is 3. The Labute approximate surface area is 145 Å². The third kappa shape index (κ3) is 2.99. The highest BCUT2D eigenvalue weighted by Gasteiger charge is 2.12. The van der Waals surface area contributed by atoms with Crippen LogP contribution in [0.2, 0.25) is 0 Å². The van der Waals surface area contributed by atoms with Gasteiger partial charge >= 0.3 is 0 Å². The van der Waals surface area contributed by atoms with E-state index in [0.29, 0.717) is 11.5 Å². The Morgan fingerprint density at radius 1 is 0.920 bits per heavy atom. The molecule has 0 aliphatic rings. The number of nitrogens with one attached hydrogen (secondary N) is 1. The van der Waals surface area contributed by atoms with Crippen LogP contribution in [0.5, 0.6) is 5.75 Å². The van der Waals surface area contributed by atoms with Gasteiger partial charge in [0.2, 0.25) is 0 Å². The first kappa shape index (κ1) is 15.1. The van der Waals surface area contributed by atoms with Crippen molar-refractivity contribution in [2.45, 2.75) is 6.92 Å². The Morgan fingerprint density at radius 3 is 2.60 bits per heavy atom. The zero-order valence-corrected chi connectivity index (χ0v) is 13.6. The maximum absolute atomic E-state index is 10.6. The van der Waals surface area contributed by atoms with Crippen molar-refractivity contribution in [2.24, 2.45) is 0 Å². The molecule has 0 unspecified atom stereocenters. The number of pyridine rings is 1.